The zero-order chi connectivity index (χ0) is 16.0. The van der Waals surface area contributed by atoms with Crippen LogP contribution in [-0.4, -0.2) is 32.4 Å². The third kappa shape index (κ3) is 4.49. The van der Waals surface area contributed by atoms with Crippen molar-refractivity contribution in [1.29, 1.82) is 0 Å². The molecule has 6 heteroatoms. The zero-order valence-corrected chi connectivity index (χ0v) is 14.0. The van der Waals surface area contributed by atoms with Crippen molar-refractivity contribution in [2.75, 3.05) is 13.6 Å². The average Bonchev–Trinajstić information content (AvgIpc) is 2.47. The van der Waals surface area contributed by atoms with Crippen LogP contribution < -0.4 is 5.32 Å². The molecule has 0 aliphatic carbocycles. The summed E-state index contributed by atoms with van der Waals surface area (Å²) in [6, 6.07) is 4.09. The summed E-state index contributed by atoms with van der Waals surface area (Å²) in [6.07, 6.45) is 1.66. The van der Waals surface area contributed by atoms with Crippen molar-refractivity contribution in [2.24, 2.45) is 0 Å². The predicted octanol–water partition coefficient (Wildman–Crippen LogP) is 2.74. The Kier molecular flexibility index (Phi) is 6.77. The number of nitrogens with zero attached hydrogens (tertiary/aromatic N) is 1. The van der Waals surface area contributed by atoms with Crippen LogP contribution in [0.1, 0.15) is 39.2 Å². The van der Waals surface area contributed by atoms with Gasteiger partial charge in [0, 0.05) is 19.6 Å². The van der Waals surface area contributed by atoms with Crippen LogP contribution in [0.25, 0.3) is 0 Å². The van der Waals surface area contributed by atoms with E-state index < -0.39 is 15.8 Å². The molecule has 0 heterocycles. The van der Waals surface area contributed by atoms with Gasteiger partial charge in [0.2, 0.25) is 10.0 Å². The molecule has 0 saturated carbocycles. The van der Waals surface area contributed by atoms with Crippen molar-refractivity contribution in [1.82, 2.24) is 9.62 Å². The fraction of sp³-hybridized carbons (Fsp3) is 0.600. The van der Waals surface area contributed by atoms with E-state index in [1.807, 2.05) is 13.8 Å². The first-order valence-electron chi connectivity index (χ1n) is 7.31. The Morgan fingerprint density at radius 1 is 1.33 bits per heavy atom. The molecule has 1 atom stereocenters. The lowest BCUT2D eigenvalue weighted by Crippen LogP contribution is -2.35. The number of sulfonamides is 1. The van der Waals surface area contributed by atoms with Gasteiger partial charge in [-0.1, -0.05) is 19.9 Å². The SMILES string of the molecule is CCCNCc1ccc(F)c(S(=O)(=O)N(C)C(C)CC)c1. The summed E-state index contributed by atoms with van der Waals surface area (Å²) in [7, 11) is -2.31. The predicted molar refractivity (Wildman–Crippen MR) is 83.1 cm³/mol. The first-order chi connectivity index (χ1) is 9.84. The van der Waals surface area contributed by atoms with Gasteiger partial charge in [-0.25, -0.2) is 12.8 Å². The molecule has 0 bridgehead atoms. The van der Waals surface area contributed by atoms with E-state index in [0.29, 0.717) is 13.0 Å². The first-order valence-corrected chi connectivity index (χ1v) is 8.75. The summed E-state index contributed by atoms with van der Waals surface area (Å²) in [5.74, 6) is -0.704. The molecular weight excluding hydrogens is 291 g/mol. The van der Waals surface area contributed by atoms with Crippen molar-refractivity contribution in [3.63, 3.8) is 0 Å². The molecule has 1 rings (SSSR count). The fourth-order valence-electron chi connectivity index (χ4n) is 1.91. The number of benzene rings is 1. The molecule has 0 amide bonds. The second-order valence-electron chi connectivity index (χ2n) is 5.22. The van der Waals surface area contributed by atoms with Crippen LogP contribution in [0, 0.1) is 5.82 Å². The van der Waals surface area contributed by atoms with E-state index in [2.05, 4.69) is 12.2 Å². The fourth-order valence-corrected chi connectivity index (χ4v) is 3.46. The van der Waals surface area contributed by atoms with Crippen LogP contribution in [0.15, 0.2) is 23.1 Å². The van der Waals surface area contributed by atoms with Crippen LogP contribution in [0.4, 0.5) is 4.39 Å². The van der Waals surface area contributed by atoms with Crippen molar-refractivity contribution in [3.05, 3.63) is 29.6 Å². The molecule has 21 heavy (non-hydrogen) atoms. The van der Waals surface area contributed by atoms with E-state index >= 15 is 0 Å². The normalized spacial score (nSPS) is 13.6. The molecule has 0 saturated heterocycles. The lowest BCUT2D eigenvalue weighted by molar-refractivity contribution is 0.378. The number of halogens is 1. The molecule has 1 aromatic carbocycles. The monoisotopic (exact) mass is 316 g/mol. The molecule has 0 aliphatic heterocycles. The number of hydrogen-bond donors (Lipinski definition) is 1. The summed E-state index contributed by atoms with van der Waals surface area (Å²) in [4.78, 5) is -0.249. The molecule has 0 spiro atoms. The van der Waals surface area contributed by atoms with Gasteiger partial charge in [0.25, 0.3) is 0 Å². The van der Waals surface area contributed by atoms with E-state index in [1.54, 1.807) is 6.07 Å². The summed E-state index contributed by atoms with van der Waals surface area (Å²) in [5, 5.41) is 3.18. The summed E-state index contributed by atoms with van der Waals surface area (Å²) in [5.41, 5.74) is 0.765. The second-order valence-corrected chi connectivity index (χ2v) is 7.19. The van der Waals surface area contributed by atoms with Crippen LogP contribution in [-0.2, 0) is 16.6 Å². The Morgan fingerprint density at radius 3 is 2.57 bits per heavy atom. The third-order valence-electron chi connectivity index (χ3n) is 3.62. The maximum Gasteiger partial charge on any atom is 0.245 e. The highest BCUT2D eigenvalue weighted by Crippen LogP contribution is 2.22. The van der Waals surface area contributed by atoms with Crippen LogP contribution in [0.5, 0.6) is 0 Å². The Morgan fingerprint density at radius 2 is 2.00 bits per heavy atom. The van der Waals surface area contributed by atoms with Gasteiger partial charge in [-0.05, 0) is 44.0 Å². The summed E-state index contributed by atoms with van der Waals surface area (Å²) >= 11 is 0. The Bertz CT molecular complexity index is 561. The third-order valence-corrected chi connectivity index (χ3v) is 5.61. The van der Waals surface area contributed by atoms with Gasteiger partial charge in [0.15, 0.2) is 0 Å². The minimum absolute atomic E-state index is 0.170. The molecule has 1 aromatic rings. The molecule has 0 aliphatic rings. The topological polar surface area (TPSA) is 49.4 Å². The molecule has 0 aromatic heterocycles. The minimum atomic E-state index is -3.80. The Labute approximate surface area is 127 Å². The van der Waals surface area contributed by atoms with E-state index in [4.69, 9.17) is 0 Å². The van der Waals surface area contributed by atoms with Gasteiger partial charge in [-0.3, -0.25) is 0 Å². The van der Waals surface area contributed by atoms with Gasteiger partial charge in [0.05, 0.1) is 0 Å². The summed E-state index contributed by atoms with van der Waals surface area (Å²) < 4.78 is 40.2. The highest BCUT2D eigenvalue weighted by molar-refractivity contribution is 7.89. The molecule has 0 radical (unpaired) electrons. The first kappa shape index (κ1) is 18.1. The van der Waals surface area contributed by atoms with Gasteiger partial charge in [0.1, 0.15) is 10.7 Å². The van der Waals surface area contributed by atoms with E-state index in [9.17, 15) is 12.8 Å². The molecule has 1 N–H and O–H groups in total. The molecular formula is C15H25FN2O2S. The van der Waals surface area contributed by atoms with Crippen LogP contribution >= 0.6 is 0 Å². The molecule has 0 fully saturated rings. The standard InChI is InChI=1S/C15H25FN2O2S/c1-5-9-17-11-13-7-8-14(16)15(10-13)21(19,20)18(4)12(3)6-2/h7-8,10,12,17H,5-6,9,11H2,1-4H3. The molecule has 4 nitrogen and oxygen atoms in total. The maximum absolute atomic E-state index is 14.0. The lowest BCUT2D eigenvalue weighted by atomic mass is 10.2. The van der Waals surface area contributed by atoms with Gasteiger partial charge in [-0.15, -0.1) is 0 Å². The van der Waals surface area contributed by atoms with E-state index in [0.717, 1.165) is 18.5 Å². The number of hydrogen-bond acceptors (Lipinski definition) is 3. The zero-order valence-electron chi connectivity index (χ0n) is 13.2. The van der Waals surface area contributed by atoms with E-state index in [1.165, 1.54) is 23.5 Å². The van der Waals surface area contributed by atoms with Gasteiger partial charge >= 0.3 is 0 Å². The second kappa shape index (κ2) is 7.87. The smallest absolute Gasteiger partial charge is 0.245 e. The Hall–Kier alpha value is -0.980. The molecule has 120 valence electrons. The van der Waals surface area contributed by atoms with Gasteiger partial charge in [-0.2, -0.15) is 4.31 Å². The lowest BCUT2D eigenvalue weighted by Gasteiger charge is -2.23. The summed E-state index contributed by atoms with van der Waals surface area (Å²) in [6.45, 7) is 7.13. The van der Waals surface area contributed by atoms with E-state index in [-0.39, 0.29) is 10.9 Å². The van der Waals surface area contributed by atoms with Crippen LogP contribution in [0.2, 0.25) is 0 Å². The maximum atomic E-state index is 14.0. The van der Waals surface area contributed by atoms with Crippen molar-refractivity contribution in [2.45, 2.75) is 51.1 Å². The Balaban J connectivity index is 3.08. The quantitative estimate of drug-likeness (QED) is 0.750. The van der Waals surface area contributed by atoms with Gasteiger partial charge < -0.3 is 5.32 Å². The highest BCUT2D eigenvalue weighted by atomic mass is 32.2. The molecule has 1 unspecified atom stereocenters. The van der Waals surface area contributed by atoms with Crippen molar-refractivity contribution < 1.29 is 12.8 Å². The largest absolute Gasteiger partial charge is 0.313 e. The van der Waals surface area contributed by atoms with Crippen molar-refractivity contribution >= 4 is 10.0 Å². The minimum Gasteiger partial charge on any atom is -0.313 e. The number of rotatable bonds is 8. The average molecular weight is 316 g/mol. The van der Waals surface area contributed by atoms with Crippen LogP contribution in [0.3, 0.4) is 0 Å². The van der Waals surface area contributed by atoms with Crippen molar-refractivity contribution in [3.8, 4) is 0 Å². The number of nitrogens with one attached hydrogen (secondary N) is 1. The highest BCUT2D eigenvalue weighted by Gasteiger charge is 2.27.